The molecule has 0 bridgehead atoms. The molecule has 0 spiro atoms. The second kappa shape index (κ2) is 6.32. The lowest BCUT2D eigenvalue weighted by Gasteiger charge is -2.12. The number of alkyl halides is 3. The molecule has 1 amide bonds. The van der Waals surface area contributed by atoms with Crippen LogP contribution in [0.5, 0.6) is 0 Å². The van der Waals surface area contributed by atoms with E-state index in [9.17, 15) is 18.0 Å². The SMILES string of the molecule is O=C1Nc2ccccc2C1CCNc1ncc(C(F)(F)F)cc1Cl. The molecule has 1 aromatic heterocycles. The van der Waals surface area contributed by atoms with Gasteiger partial charge in [-0.1, -0.05) is 29.8 Å². The number of nitrogens with zero attached hydrogens (tertiary/aromatic N) is 1. The Morgan fingerprint density at radius 3 is 2.75 bits per heavy atom. The Hall–Kier alpha value is -2.28. The monoisotopic (exact) mass is 355 g/mol. The number of hydrogen-bond donors (Lipinski definition) is 2. The second-order valence-corrected chi connectivity index (χ2v) is 5.80. The molecule has 0 radical (unpaired) electrons. The van der Waals surface area contributed by atoms with Crippen molar-refractivity contribution in [1.29, 1.82) is 0 Å². The molecule has 0 fully saturated rings. The Labute approximate surface area is 141 Å². The predicted molar refractivity (Wildman–Crippen MR) is 85.2 cm³/mol. The fraction of sp³-hybridized carbons (Fsp3) is 0.250. The molecule has 0 saturated carbocycles. The van der Waals surface area contributed by atoms with Gasteiger partial charge in [-0.05, 0) is 24.1 Å². The van der Waals surface area contributed by atoms with Crippen molar-refractivity contribution in [1.82, 2.24) is 4.98 Å². The summed E-state index contributed by atoms with van der Waals surface area (Å²) in [6.45, 7) is 0.352. The fourth-order valence-electron chi connectivity index (χ4n) is 2.62. The minimum atomic E-state index is -4.49. The Kier molecular flexibility index (Phi) is 4.36. The Balaban J connectivity index is 1.64. The van der Waals surface area contributed by atoms with E-state index >= 15 is 0 Å². The van der Waals surface area contributed by atoms with Crippen LogP contribution >= 0.6 is 11.6 Å². The van der Waals surface area contributed by atoms with Crippen molar-refractivity contribution >= 4 is 29.0 Å². The maximum atomic E-state index is 12.6. The van der Waals surface area contributed by atoms with Crippen LogP contribution in [0.25, 0.3) is 0 Å². The number of hydrogen-bond acceptors (Lipinski definition) is 3. The van der Waals surface area contributed by atoms with Gasteiger partial charge in [0.15, 0.2) is 0 Å². The molecule has 126 valence electrons. The summed E-state index contributed by atoms with van der Waals surface area (Å²) in [4.78, 5) is 15.7. The van der Waals surface area contributed by atoms with Crippen LogP contribution in [0.4, 0.5) is 24.7 Å². The molecule has 8 heteroatoms. The molecular weight excluding hydrogens is 343 g/mol. The van der Waals surface area contributed by atoms with E-state index in [0.717, 1.165) is 23.5 Å². The van der Waals surface area contributed by atoms with E-state index in [1.54, 1.807) is 0 Å². The highest BCUT2D eigenvalue weighted by atomic mass is 35.5. The highest BCUT2D eigenvalue weighted by Gasteiger charge is 2.32. The van der Waals surface area contributed by atoms with Crippen molar-refractivity contribution in [2.45, 2.75) is 18.5 Å². The molecular formula is C16H13ClF3N3O. The van der Waals surface area contributed by atoms with Crippen molar-refractivity contribution in [2.75, 3.05) is 17.2 Å². The van der Waals surface area contributed by atoms with E-state index in [4.69, 9.17) is 11.6 Å². The number of fused-ring (bicyclic) bond motifs is 1. The maximum absolute atomic E-state index is 12.6. The van der Waals surface area contributed by atoms with Crippen molar-refractivity contribution in [3.63, 3.8) is 0 Å². The average molecular weight is 356 g/mol. The minimum absolute atomic E-state index is 0.0931. The molecule has 2 N–H and O–H groups in total. The van der Waals surface area contributed by atoms with E-state index < -0.39 is 11.7 Å². The maximum Gasteiger partial charge on any atom is 0.417 e. The first-order valence-electron chi connectivity index (χ1n) is 7.22. The van der Waals surface area contributed by atoms with Crippen molar-refractivity contribution in [3.8, 4) is 0 Å². The summed E-state index contributed by atoms with van der Waals surface area (Å²) in [6, 6.07) is 8.23. The molecule has 0 saturated heterocycles. The van der Waals surface area contributed by atoms with E-state index in [1.165, 1.54) is 0 Å². The number of aromatic nitrogens is 1. The summed E-state index contributed by atoms with van der Waals surface area (Å²) in [7, 11) is 0. The van der Waals surface area contributed by atoms with Gasteiger partial charge >= 0.3 is 6.18 Å². The standard InChI is InChI=1S/C16H13ClF3N3O/c17-12-7-9(16(18,19)20)8-22-14(12)21-6-5-11-10-3-1-2-4-13(10)23-15(11)24/h1-4,7-8,11H,5-6H2,(H,21,22)(H,23,24). The van der Waals surface area contributed by atoms with Crippen LogP contribution < -0.4 is 10.6 Å². The fourth-order valence-corrected chi connectivity index (χ4v) is 2.85. The Bertz CT molecular complexity index is 779. The number of carbonyl (C=O) groups is 1. The molecule has 4 nitrogen and oxygen atoms in total. The smallest absolute Gasteiger partial charge is 0.369 e. The van der Waals surface area contributed by atoms with Crippen molar-refractivity contribution in [2.24, 2.45) is 0 Å². The number of nitrogens with one attached hydrogen (secondary N) is 2. The number of anilines is 2. The number of para-hydroxylation sites is 1. The third-order valence-corrected chi connectivity index (χ3v) is 4.09. The summed E-state index contributed by atoms with van der Waals surface area (Å²) in [5.74, 6) is -0.234. The topological polar surface area (TPSA) is 54.0 Å². The van der Waals surface area contributed by atoms with Crippen LogP contribution in [0, 0.1) is 0 Å². The van der Waals surface area contributed by atoms with E-state index in [2.05, 4.69) is 15.6 Å². The molecule has 1 aliphatic rings. The number of carbonyl (C=O) groups excluding carboxylic acids is 1. The van der Waals surface area contributed by atoms with E-state index in [-0.39, 0.29) is 22.7 Å². The lowest BCUT2D eigenvalue weighted by atomic mass is 9.97. The summed E-state index contributed by atoms with van der Waals surface area (Å²) < 4.78 is 37.7. The van der Waals surface area contributed by atoms with Gasteiger partial charge in [0.25, 0.3) is 0 Å². The first-order valence-corrected chi connectivity index (χ1v) is 7.60. The quantitative estimate of drug-likeness (QED) is 0.860. The van der Waals surface area contributed by atoms with Gasteiger partial charge < -0.3 is 10.6 Å². The van der Waals surface area contributed by atoms with Gasteiger partial charge in [0.05, 0.1) is 16.5 Å². The van der Waals surface area contributed by atoms with E-state index in [0.29, 0.717) is 13.0 Å². The molecule has 0 aliphatic carbocycles. The minimum Gasteiger partial charge on any atom is -0.369 e. The lowest BCUT2D eigenvalue weighted by molar-refractivity contribution is -0.137. The molecule has 1 unspecified atom stereocenters. The zero-order chi connectivity index (χ0) is 17.3. The van der Waals surface area contributed by atoms with Crippen molar-refractivity contribution in [3.05, 3.63) is 52.7 Å². The lowest BCUT2D eigenvalue weighted by Crippen LogP contribution is -2.16. The van der Waals surface area contributed by atoms with Gasteiger partial charge in [-0.2, -0.15) is 13.2 Å². The van der Waals surface area contributed by atoms with Gasteiger partial charge in [-0.15, -0.1) is 0 Å². The van der Waals surface area contributed by atoms with Gasteiger partial charge in [-0.25, -0.2) is 4.98 Å². The summed E-state index contributed by atoms with van der Waals surface area (Å²) in [5, 5.41) is 5.57. The third-order valence-electron chi connectivity index (χ3n) is 3.80. The van der Waals surface area contributed by atoms with Gasteiger partial charge in [-0.3, -0.25) is 4.79 Å². The van der Waals surface area contributed by atoms with Crippen molar-refractivity contribution < 1.29 is 18.0 Å². The van der Waals surface area contributed by atoms with Crippen LogP contribution in [0.2, 0.25) is 5.02 Å². The first kappa shape index (κ1) is 16.6. The van der Waals surface area contributed by atoms with Crippen LogP contribution in [0.1, 0.15) is 23.5 Å². The number of halogens is 4. The molecule has 1 aliphatic heterocycles. The van der Waals surface area contributed by atoms with Crippen LogP contribution in [0.15, 0.2) is 36.5 Å². The van der Waals surface area contributed by atoms with Crippen LogP contribution in [0.3, 0.4) is 0 Å². The van der Waals surface area contributed by atoms with Gasteiger partial charge in [0.1, 0.15) is 5.82 Å². The van der Waals surface area contributed by atoms with Crippen LogP contribution in [-0.2, 0) is 11.0 Å². The number of rotatable bonds is 4. The number of benzene rings is 1. The molecule has 2 aromatic rings. The zero-order valence-corrected chi connectivity index (χ0v) is 13.1. The summed E-state index contributed by atoms with van der Waals surface area (Å²) in [6.07, 6.45) is -3.28. The molecule has 24 heavy (non-hydrogen) atoms. The Morgan fingerprint density at radius 1 is 1.29 bits per heavy atom. The zero-order valence-electron chi connectivity index (χ0n) is 12.3. The van der Waals surface area contributed by atoms with Crippen LogP contribution in [-0.4, -0.2) is 17.4 Å². The third kappa shape index (κ3) is 3.31. The Morgan fingerprint density at radius 2 is 2.04 bits per heavy atom. The largest absolute Gasteiger partial charge is 0.417 e. The first-order chi connectivity index (χ1) is 11.4. The highest BCUT2D eigenvalue weighted by molar-refractivity contribution is 6.32. The number of amides is 1. The van der Waals surface area contributed by atoms with E-state index in [1.807, 2.05) is 24.3 Å². The molecule has 3 rings (SSSR count). The van der Waals surface area contributed by atoms with Gasteiger partial charge in [0.2, 0.25) is 5.91 Å². The molecule has 2 heterocycles. The molecule has 1 aromatic carbocycles. The predicted octanol–water partition coefficient (Wildman–Crippen LogP) is 4.29. The molecule has 1 atom stereocenters. The highest BCUT2D eigenvalue weighted by Crippen LogP contribution is 2.35. The summed E-state index contributed by atoms with van der Waals surface area (Å²) in [5.41, 5.74) is 0.802. The summed E-state index contributed by atoms with van der Waals surface area (Å²) >= 11 is 5.84. The van der Waals surface area contributed by atoms with Gasteiger partial charge in [0, 0.05) is 18.4 Å². The average Bonchev–Trinajstić information content (AvgIpc) is 2.84. The number of pyridine rings is 1. The normalized spacial score (nSPS) is 16.7. The second-order valence-electron chi connectivity index (χ2n) is 5.40.